The highest BCUT2D eigenvalue weighted by atomic mass is 16.7. The summed E-state index contributed by atoms with van der Waals surface area (Å²) >= 11 is 0. The lowest BCUT2D eigenvalue weighted by molar-refractivity contribution is -0.331. The number of rotatable bonds is 4. The van der Waals surface area contributed by atoms with Crippen molar-refractivity contribution in [2.24, 2.45) is 11.8 Å². The van der Waals surface area contributed by atoms with Crippen LogP contribution < -0.4 is 0 Å². The molecule has 4 rings (SSSR count). The summed E-state index contributed by atoms with van der Waals surface area (Å²) in [4.78, 5) is 13.0. The van der Waals surface area contributed by atoms with Crippen molar-refractivity contribution in [2.75, 3.05) is 6.61 Å². The van der Waals surface area contributed by atoms with Gasteiger partial charge in [0.2, 0.25) is 5.78 Å². The Bertz CT molecular complexity index is 787. The van der Waals surface area contributed by atoms with Gasteiger partial charge in [-0.05, 0) is 19.3 Å². The molecule has 3 fully saturated rings. The van der Waals surface area contributed by atoms with E-state index in [0.29, 0.717) is 6.42 Å². The molecule has 1 saturated heterocycles. The van der Waals surface area contributed by atoms with E-state index in [-0.39, 0.29) is 25.0 Å². The fraction of sp³-hybridized carbons (Fsp3) is 0.857. The number of ether oxygens (including phenoxy) is 3. The monoisotopic (exact) mass is 492 g/mol. The van der Waals surface area contributed by atoms with Crippen molar-refractivity contribution in [1.29, 1.82) is 0 Å². The number of hydrogen-bond acceptors (Lipinski definition) is 13. The number of carbonyl (C=O) groups excluding carboxylic acids is 1. The van der Waals surface area contributed by atoms with Crippen molar-refractivity contribution in [2.45, 2.75) is 93.0 Å². The molecule has 0 radical (unpaired) electrons. The van der Waals surface area contributed by atoms with Gasteiger partial charge < -0.3 is 60.2 Å². The summed E-state index contributed by atoms with van der Waals surface area (Å²) in [7, 11) is 0. The average Bonchev–Trinajstić information content (AvgIpc) is 2.80. The summed E-state index contributed by atoms with van der Waals surface area (Å²) in [6.45, 7) is -0.700. The molecule has 13 atom stereocenters. The lowest BCUT2D eigenvalue weighted by Crippen LogP contribution is -2.64. The van der Waals surface area contributed by atoms with Gasteiger partial charge in [0.15, 0.2) is 12.0 Å². The molecule has 0 aromatic carbocycles. The maximum absolute atomic E-state index is 13.0. The maximum atomic E-state index is 13.0. The maximum Gasteiger partial charge on any atom is 0.210 e. The Morgan fingerprint density at radius 3 is 2.21 bits per heavy atom. The molecule has 0 aromatic heterocycles. The summed E-state index contributed by atoms with van der Waals surface area (Å²) < 4.78 is 16.9. The van der Waals surface area contributed by atoms with Crippen LogP contribution in [-0.4, -0.2) is 126 Å². The van der Waals surface area contributed by atoms with E-state index in [2.05, 4.69) is 0 Å². The average molecular weight is 492 g/mol. The van der Waals surface area contributed by atoms with Gasteiger partial charge >= 0.3 is 0 Å². The molecular weight excluding hydrogens is 460 g/mol. The van der Waals surface area contributed by atoms with Crippen LogP contribution in [-0.2, 0) is 19.0 Å². The highest BCUT2D eigenvalue weighted by Crippen LogP contribution is 2.43. The van der Waals surface area contributed by atoms with Crippen LogP contribution in [0.5, 0.6) is 0 Å². The van der Waals surface area contributed by atoms with E-state index in [0.717, 1.165) is 0 Å². The van der Waals surface area contributed by atoms with E-state index < -0.39 is 97.3 Å². The zero-order valence-corrected chi connectivity index (χ0v) is 18.2. The van der Waals surface area contributed by atoms with E-state index in [1.165, 1.54) is 0 Å². The molecule has 2 aliphatic heterocycles. The second-order valence-corrected chi connectivity index (χ2v) is 9.50. The standard InChI is InChI=1S/C21H32O13/c22-5-11-13(27)15(29)17(31)21(32-11)34-19-10(26)4-9(25)12-14(28)16(30)18(33-20(12)19)6-1-2-7(23)8(24)3-6/h6-13,15,17,19-27,29-31H,1-5H2. The Morgan fingerprint density at radius 2 is 1.56 bits per heavy atom. The third-order valence-corrected chi connectivity index (χ3v) is 7.28. The van der Waals surface area contributed by atoms with Gasteiger partial charge in [-0.25, -0.2) is 0 Å². The zero-order chi connectivity index (χ0) is 24.9. The highest BCUT2D eigenvalue weighted by Gasteiger charge is 2.56. The minimum Gasteiger partial charge on any atom is -0.502 e. The first kappa shape index (κ1) is 25.7. The van der Waals surface area contributed by atoms with Crippen molar-refractivity contribution >= 4 is 5.78 Å². The lowest BCUT2D eigenvalue weighted by atomic mass is 9.74. The van der Waals surface area contributed by atoms with Gasteiger partial charge in [-0.3, -0.25) is 4.79 Å². The minimum absolute atomic E-state index is 0.00850. The molecule has 13 unspecified atom stereocenters. The molecule has 2 aliphatic carbocycles. The van der Waals surface area contributed by atoms with Gasteiger partial charge in [0, 0.05) is 12.3 Å². The molecule has 13 nitrogen and oxygen atoms in total. The first-order valence-corrected chi connectivity index (χ1v) is 11.4. The van der Waals surface area contributed by atoms with Crippen LogP contribution in [0.1, 0.15) is 25.7 Å². The van der Waals surface area contributed by atoms with Crippen molar-refractivity contribution in [1.82, 2.24) is 0 Å². The summed E-state index contributed by atoms with van der Waals surface area (Å²) in [5.74, 6) is -3.64. The number of aliphatic hydroxyl groups excluding tert-OH is 9. The number of carbonyl (C=O) groups is 1. The van der Waals surface area contributed by atoms with Crippen LogP contribution in [0.25, 0.3) is 0 Å². The Morgan fingerprint density at radius 1 is 0.853 bits per heavy atom. The first-order chi connectivity index (χ1) is 16.0. The molecule has 4 aliphatic rings. The molecular formula is C21H32O13. The molecule has 2 heterocycles. The molecule has 0 aromatic rings. The molecule has 34 heavy (non-hydrogen) atoms. The van der Waals surface area contributed by atoms with Gasteiger partial charge in [-0.1, -0.05) is 0 Å². The van der Waals surface area contributed by atoms with Gasteiger partial charge in [0.05, 0.1) is 36.9 Å². The van der Waals surface area contributed by atoms with Crippen LogP contribution in [0.15, 0.2) is 11.5 Å². The van der Waals surface area contributed by atoms with E-state index in [1.54, 1.807) is 0 Å². The molecule has 13 heteroatoms. The normalized spacial score (nSPS) is 50.0. The predicted octanol–water partition coefficient (Wildman–Crippen LogP) is -3.83. The van der Waals surface area contributed by atoms with Crippen molar-refractivity contribution in [3.63, 3.8) is 0 Å². The summed E-state index contributed by atoms with van der Waals surface area (Å²) in [6.07, 6.45) is -15.4. The van der Waals surface area contributed by atoms with E-state index in [1.807, 2.05) is 0 Å². The van der Waals surface area contributed by atoms with Crippen LogP contribution in [0.3, 0.4) is 0 Å². The Labute approximate surface area is 194 Å². The van der Waals surface area contributed by atoms with Crippen LogP contribution >= 0.6 is 0 Å². The fourth-order valence-electron chi connectivity index (χ4n) is 5.28. The van der Waals surface area contributed by atoms with Crippen LogP contribution in [0.2, 0.25) is 0 Å². The SMILES string of the molecule is O=C1C(O)=C(C2CCC(O)C(O)C2)OC2C(OC3OC(CO)C(O)C(O)C3O)C(O)CC(O)C12. The highest BCUT2D eigenvalue weighted by molar-refractivity contribution is 5.97. The molecule has 2 saturated carbocycles. The smallest absolute Gasteiger partial charge is 0.210 e. The van der Waals surface area contributed by atoms with Crippen molar-refractivity contribution in [3.8, 4) is 0 Å². The molecule has 0 spiro atoms. The zero-order valence-electron chi connectivity index (χ0n) is 18.2. The quantitative estimate of drug-likeness (QED) is 0.183. The lowest BCUT2D eigenvalue weighted by Gasteiger charge is -2.48. The minimum atomic E-state index is -1.77. The van der Waals surface area contributed by atoms with E-state index in [9.17, 15) is 50.8 Å². The van der Waals surface area contributed by atoms with E-state index in [4.69, 9.17) is 14.2 Å². The number of Topliss-reactive ketones (excluding diaryl/α,β-unsaturated/α-hetero) is 1. The second kappa shape index (κ2) is 9.93. The number of allylic oxidation sites excluding steroid dienone is 2. The Hall–Kier alpha value is -1.39. The van der Waals surface area contributed by atoms with Crippen LogP contribution in [0.4, 0.5) is 0 Å². The number of aliphatic hydroxyl groups is 9. The Balaban J connectivity index is 1.59. The number of ketones is 1. The largest absolute Gasteiger partial charge is 0.502 e. The third-order valence-electron chi connectivity index (χ3n) is 7.28. The van der Waals surface area contributed by atoms with Gasteiger partial charge in [0.25, 0.3) is 0 Å². The predicted molar refractivity (Wildman–Crippen MR) is 108 cm³/mol. The summed E-state index contributed by atoms with van der Waals surface area (Å²) in [6, 6.07) is 0. The van der Waals surface area contributed by atoms with Crippen molar-refractivity contribution in [3.05, 3.63) is 11.5 Å². The van der Waals surface area contributed by atoms with Gasteiger partial charge in [-0.2, -0.15) is 0 Å². The fourth-order valence-corrected chi connectivity index (χ4v) is 5.28. The van der Waals surface area contributed by atoms with Crippen molar-refractivity contribution < 1.29 is 65.0 Å². The second-order valence-electron chi connectivity index (χ2n) is 9.50. The van der Waals surface area contributed by atoms with Crippen LogP contribution in [0, 0.1) is 11.8 Å². The first-order valence-electron chi connectivity index (χ1n) is 11.4. The molecule has 0 amide bonds. The molecule has 0 bridgehead atoms. The Kier molecular flexibility index (Phi) is 7.51. The summed E-state index contributed by atoms with van der Waals surface area (Å²) in [5, 5.41) is 91.1. The van der Waals surface area contributed by atoms with E-state index >= 15 is 0 Å². The third kappa shape index (κ3) is 4.46. The molecule has 194 valence electrons. The summed E-state index contributed by atoms with van der Waals surface area (Å²) in [5.41, 5.74) is 0. The molecule has 9 N–H and O–H groups in total. The number of hydrogen-bond donors (Lipinski definition) is 9. The topological polar surface area (TPSA) is 227 Å². The van der Waals surface area contributed by atoms with Gasteiger partial charge in [-0.15, -0.1) is 0 Å². The number of fused-ring (bicyclic) bond motifs is 1. The van der Waals surface area contributed by atoms with Gasteiger partial charge in [0.1, 0.15) is 42.4 Å².